The van der Waals surface area contributed by atoms with Crippen LogP contribution in [0.2, 0.25) is 0 Å². The van der Waals surface area contributed by atoms with Crippen molar-refractivity contribution < 1.29 is 18.7 Å². The first-order valence-corrected chi connectivity index (χ1v) is 5.01. The van der Waals surface area contributed by atoms with Gasteiger partial charge in [0.25, 0.3) is 0 Å². The van der Waals surface area contributed by atoms with Crippen LogP contribution in [-0.2, 0) is 10.2 Å². The fraction of sp³-hybridized carbons (Fsp3) is 0.417. The number of rotatable bonds is 2. The normalized spacial score (nSPS) is 26.5. The van der Waals surface area contributed by atoms with E-state index < -0.39 is 28.4 Å². The Balaban J connectivity index is 2.64. The highest BCUT2D eigenvalue weighted by Gasteiger charge is 2.69. The third kappa shape index (κ3) is 1.19. The third-order valence-corrected chi connectivity index (χ3v) is 3.49. The van der Waals surface area contributed by atoms with E-state index in [0.717, 1.165) is 12.1 Å². The molecule has 1 aliphatic rings. The van der Waals surface area contributed by atoms with E-state index in [1.54, 1.807) is 13.8 Å². The number of aliphatic carboxylic acids is 1. The van der Waals surface area contributed by atoms with Gasteiger partial charge in [-0.1, -0.05) is 19.9 Å². The summed E-state index contributed by atoms with van der Waals surface area (Å²) in [7, 11) is 0. The maximum absolute atomic E-state index is 13.6. The van der Waals surface area contributed by atoms with Gasteiger partial charge in [-0.3, -0.25) is 4.79 Å². The van der Waals surface area contributed by atoms with Gasteiger partial charge >= 0.3 is 5.97 Å². The fourth-order valence-electron chi connectivity index (χ4n) is 2.42. The molecule has 1 aliphatic carbocycles. The lowest BCUT2D eigenvalue weighted by atomic mass is 9.87. The molecule has 0 heterocycles. The molecular formula is C12H12F2O2. The van der Waals surface area contributed by atoms with Gasteiger partial charge in [0, 0.05) is 5.56 Å². The van der Waals surface area contributed by atoms with Crippen molar-refractivity contribution in [3.63, 3.8) is 0 Å². The molecule has 0 bridgehead atoms. The van der Waals surface area contributed by atoms with Crippen LogP contribution in [0.4, 0.5) is 8.78 Å². The highest BCUT2D eigenvalue weighted by Crippen LogP contribution is 2.65. The van der Waals surface area contributed by atoms with Crippen molar-refractivity contribution in [1.82, 2.24) is 0 Å². The lowest BCUT2D eigenvalue weighted by Gasteiger charge is -2.17. The zero-order valence-corrected chi connectivity index (χ0v) is 9.05. The van der Waals surface area contributed by atoms with Crippen molar-refractivity contribution in [3.05, 3.63) is 35.4 Å². The van der Waals surface area contributed by atoms with Gasteiger partial charge in [0.1, 0.15) is 17.0 Å². The van der Waals surface area contributed by atoms with E-state index >= 15 is 0 Å². The second-order valence-electron chi connectivity index (χ2n) is 4.87. The number of halogens is 2. The van der Waals surface area contributed by atoms with Crippen LogP contribution in [0.5, 0.6) is 0 Å². The van der Waals surface area contributed by atoms with E-state index in [-0.39, 0.29) is 12.0 Å². The van der Waals surface area contributed by atoms with Crippen molar-refractivity contribution >= 4 is 5.97 Å². The largest absolute Gasteiger partial charge is 0.481 e. The first-order valence-electron chi connectivity index (χ1n) is 5.01. The molecule has 1 aromatic rings. The molecule has 0 saturated heterocycles. The molecule has 16 heavy (non-hydrogen) atoms. The summed E-state index contributed by atoms with van der Waals surface area (Å²) in [6.07, 6.45) is 0.257. The number of carboxylic acids is 1. The first kappa shape index (κ1) is 11.0. The van der Waals surface area contributed by atoms with Crippen LogP contribution in [0.3, 0.4) is 0 Å². The Kier molecular flexibility index (Phi) is 2.09. The van der Waals surface area contributed by atoms with Gasteiger partial charge in [-0.2, -0.15) is 0 Å². The van der Waals surface area contributed by atoms with Gasteiger partial charge in [0.15, 0.2) is 0 Å². The summed E-state index contributed by atoms with van der Waals surface area (Å²) >= 11 is 0. The minimum absolute atomic E-state index is 0.257. The van der Waals surface area contributed by atoms with Crippen molar-refractivity contribution in [2.45, 2.75) is 25.7 Å². The molecule has 0 spiro atoms. The number of hydrogen-bond donors (Lipinski definition) is 1. The van der Waals surface area contributed by atoms with Gasteiger partial charge in [-0.15, -0.1) is 0 Å². The van der Waals surface area contributed by atoms with Crippen LogP contribution in [0.15, 0.2) is 18.2 Å². The molecule has 2 rings (SSSR count). The van der Waals surface area contributed by atoms with Crippen LogP contribution < -0.4 is 0 Å². The van der Waals surface area contributed by atoms with E-state index in [1.807, 2.05) is 0 Å². The molecule has 4 heteroatoms. The molecule has 1 aromatic carbocycles. The average Bonchev–Trinajstić information content (AvgIpc) is 2.70. The molecule has 0 aliphatic heterocycles. The SMILES string of the molecule is CC1(C)CC1(C(=O)O)c1c(F)cccc1F. The van der Waals surface area contributed by atoms with E-state index in [1.165, 1.54) is 6.07 Å². The van der Waals surface area contributed by atoms with Crippen LogP contribution in [-0.4, -0.2) is 11.1 Å². The Morgan fingerprint density at radius 3 is 2.06 bits per heavy atom. The summed E-state index contributed by atoms with van der Waals surface area (Å²) in [4.78, 5) is 11.3. The highest BCUT2D eigenvalue weighted by molar-refractivity contribution is 5.87. The maximum Gasteiger partial charge on any atom is 0.314 e. The molecule has 1 atom stereocenters. The Morgan fingerprint density at radius 2 is 1.75 bits per heavy atom. The topological polar surface area (TPSA) is 37.3 Å². The van der Waals surface area contributed by atoms with Crippen LogP contribution in [0.25, 0.3) is 0 Å². The molecule has 0 aromatic heterocycles. The molecule has 1 fully saturated rings. The van der Waals surface area contributed by atoms with Crippen molar-refractivity contribution in [1.29, 1.82) is 0 Å². The standard InChI is InChI=1S/C12H12F2O2/c1-11(2)6-12(11,10(15)16)9-7(13)4-3-5-8(9)14/h3-5H,6H2,1-2H3,(H,15,16). The number of hydrogen-bond acceptors (Lipinski definition) is 1. The average molecular weight is 226 g/mol. The second kappa shape index (κ2) is 3.03. The number of carboxylic acid groups (broad SMARTS) is 1. The lowest BCUT2D eigenvalue weighted by Crippen LogP contribution is -2.28. The molecular weight excluding hydrogens is 214 g/mol. The predicted molar refractivity (Wildman–Crippen MR) is 54.1 cm³/mol. The minimum Gasteiger partial charge on any atom is -0.481 e. The van der Waals surface area contributed by atoms with E-state index in [4.69, 9.17) is 0 Å². The summed E-state index contributed by atoms with van der Waals surface area (Å²) in [5.41, 5.74) is -2.34. The molecule has 0 radical (unpaired) electrons. The highest BCUT2D eigenvalue weighted by atomic mass is 19.1. The van der Waals surface area contributed by atoms with Gasteiger partial charge < -0.3 is 5.11 Å². The zero-order valence-electron chi connectivity index (χ0n) is 9.05. The zero-order chi connectivity index (χ0) is 12.1. The molecule has 2 nitrogen and oxygen atoms in total. The first-order chi connectivity index (χ1) is 7.33. The van der Waals surface area contributed by atoms with E-state index in [0.29, 0.717) is 0 Å². The Morgan fingerprint density at radius 1 is 1.31 bits per heavy atom. The van der Waals surface area contributed by atoms with E-state index in [9.17, 15) is 18.7 Å². The Labute approximate surface area is 91.9 Å². The molecule has 0 amide bonds. The molecule has 1 saturated carbocycles. The van der Waals surface area contributed by atoms with Gasteiger partial charge in [0.05, 0.1) is 0 Å². The number of benzene rings is 1. The Bertz CT molecular complexity index is 448. The van der Waals surface area contributed by atoms with Gasteiger partial charge in [0.2, 0.25) is 0 Å². The van der Waals surface area contributed by atoms with Crippen LogP contribution in [0, 0.1) is 17.0 Å². The smallest absolute Gasteiger partial charge is 0.314 e. The minimum atomic E-state index is -1.41. The van der Waals surface area contributed by atoms with Crippen molar-refractivity contribution in [3.8, 4) is 0 Å². The van der Waals surface area contributed by atoms with Crippen LogP contribution >= 0.6 is 0 Å². The lowest BCUT2D eigenvalue weighted by molar-refractivity contribution is -0.141. The summed E-state index contributed by atoms with van der Waals surface area (Å²) in [6, 6.07) is 3.42. The van der Waals surface area contributed by atoms with Crippen LogP contribution in [0.1, 0.15) is 25.8 Å². The van der Waals surface area contributed by atoms with E-state index in [2.05, 4.69) is 0 Å². The van der Waals surface area contributed by atoms with Gasteiger partial charge in [-0.25, -0.2) is 8.78 Å². The van der Waals surface area contributed by atoms with Gasteiger partial charge in [-0.05, 0) is 24.0 Å². The number of carbonyl (C=O) groups is 1. The third-order valence-electron chi connectivity index (χ3n) is 3.49. The predicted octanol–water partition coefficient (Wildman–Crippen LogP) is 2.72. The second-order valence-corrected chi connectivity index (χ2v) is 4.87. The molecule has 1 unspecified atom stereocenters. The van der Waals surface area contributed by atoms with Crippen molar-refractivity contribution in [2.75, 3.05) is 0 Å². The summed E-state index contributed by atoms with van der Waals surface area (Å²) in [5, 5.41) is 9.21. The van der Waals surface area contributed by atoms with Crippen molar-refractivity contribution in [2.24, 2.45) is 5.41 Å². The molecule has 1 N–H and O–H groups in total. The summed E-state index contributed by atoms with van der Waals surface area (Å²) in [6.45, 7) is 3.40. The summed E-state index contributed by atoms with van der Waals surface area (Å²) < 4.78 is 27.2. The Hall–Kier alpha value is -1.45. The maximum atomic E-state index is 13.6. The molecule has 86 valence electrons. The monoisotopic (exact) mass is 226 g/mol. The fourth-order valence-corrected chi connectivity index (χ4v) is 2.42. The quantitative estimate of drug-likeness (QED) is 0.841. The summed E-state index contributed by atoms with van der Waals surface area (Å²) in [5.74, 6) is -2.73.